The normalized spacial score (nSPS) is 14.4. The van der Waals surface area contributed by atoms with E-state index in [0.717, 1.165) is 0 Å². The van der Waals surface area contributed by atoms with Gasteiger partial charge in [0.2, 0.25) is 0 Å². The van der Waals surface area contributed by atoms with Gasteiger partial charge < -0.3 is 9.47 Å². The van der Waals surface area contributed by atoms with E-state index in [4.69, 9.17) is 9.47 Å². The molecule has 0 rings (SSSR count). The molecule has 0 amide bonds. The van der Waals surface area contributed by atoms with Crippen LogP contribution in [-0.4, -0.2) is 26.2 Å². The third-order valence-electron chi connectivity index (χ3n) is 3.52. The van der Waals surface area contributed by atoms with Crippen LogP contribution in [0.5, 0.6) is 0 Å². The van der Waals surface area contributed by atoms with Gasteiger partial charge in [-0.25, -0.2) is 0 Å². The second-order valence-corrected chi connectivity index (χ2v) is 5.38. The molecule has 0 radical (unpaired) electrons. The van der Waals surface area contributed by atoms with Crippen LogP contribution in [-0.2, 0) is 19.1 Å². The van der Waals surface area contributed by atoms with E-state index >= 15 is 0 Å². The first-order valence-electron chi connectivity index (χ1n) is 6.47. The lowest BCUT2D eigenvalue weighted by Gasteiger charge is -2.31. The van der Waals surface area contributed by atoms with Crippen molar-refractivity contribution in [3.8, 4) is 0 Å². The number of ether oxygens (including phenoxy) is 2. The van der Waals surface area contributed by atoms with Crippen molar-refractivity contribution in [1.29, 1.82) is 0 Å². The van der Waals surface area contributed by atoms with Crippen molar-refractivity contribution >= 4 is 11.9 Å². The van der Waals surface area contributed by atoms with E-state index in [-0.39, 0.29) is 23.8 Å². The monoisotopic (exact) mass is 258 g/mol. The number of rotatable bonds is 7. The number of hydrogen-bond donors (Lipinski definition) is 0. The molecular formula is C14H26O4. The van der Waals surface area contributed by atoms with Crippen molar-refractivity contribution in [2.75, 3.05) is 14.2 Å². The smallest absolute Gasteiger partial charge is 0.305 e. The van der Waals surface area contributed by atoms with E-state index < -0.39 is 0 Å². The van der Waals surface area contributed by atoms with Crippen LogP contribution in [0.2, 0.25) is 0 Å². The first-order valence-corrected chi connectivity index (χ1v) is 6.47. The standard InChI is InChI=1S/C14H26O4/c1-9(2)11(7-13(15)17-5)12(10(3)4)8-14(16)18-6/h9-12H,7-8H2,1-6H3/t11-,12-/m1/s1. The highest BCUT2D eigenvalue weighted by Crippen LogP contribution is 2.33. The SMILES string of the molecule is COC(=O)C[C@H](C(C)C)[C@H](CC(=O)OC)C(C)C. The number of carbonyl (C=O) groups excluding carboxylic acids is 2. The van der Waals surface area contributed by atoms with Gasteiger partial charge in [0.05, 0.1) is 14.2 Å². The van der Waals surface area contributed by atoms with Gasteiger partial charge in [0.1, 0.15) is 0 Å². The Balaban J connectivity index is 4.87. The van der Waals surface area contributed by atoms with Gasteiger partial charge in [-0.15, -0.1) is 0 Å². The summed E-state index contributed by atoms with van der Waals surface area (Å²) < 4.78 is 9.47. The summed E-state index contributed by atoms with van der Waals surface area (Å²) in [5, 5.41) is 0. The molecule has 2 atom stereocenters. The van der Waals surface area contributed by atoms with Gasteiger partial charge in [0, 0.05) is 12.8 Å². The molecule has 4 heteroatoms. The molecule has 0 heterocycles. The highest BCUT2D eigenvalue weighted by atomic mass is 16.5. The molecule has 0 aromatic carbocycles. The molecule has 0 aliphatic heterocycles. The largest absolute Gasteiger partial charge is 0.469 e. The quantitative estimate of drug-likeness (QED) is 0.659. The number of carbonyl (C=O) groups is 2. The van der Waals surface area contributed by atoms with Crippen molar-refractivity contribution in [2.24, 2.45) is 23.7 Å². The van der Waals surface area contributed by atoms with Gasteiger partial charge >= 0.3 is 11.9 Å². The van der Waals surface area contributed by atoms with E-state index in [1.54, 1.807) is 0 Å². The zero-order valence-corrected chi connectivity index (χ0v) is 12.4. The summed E-state index contributed by atoms with van der Waals surface area (Å²) in [5.74, 6) is 0.476. The summed E-state index contributed by atoms with van der Waals surface area (Å²) >= 11 is 0. The lowest BCUT2D eigenvalue weighted by atomic mass is 9.74. The highest BCUT2D eigenvalue weighted by molar-refractivity contribution is 5.71. The minimum atomic E-state index is -0.218. The fraction of sp³-hybridized carbons (Fsp3) is 0.857. The van der Waals surface area contributed by atoms with E-state index in [2.05, 4.69) is 27.7 Å². The molecule has 0 saturated heterocycles. The van der Waals surface area contributed by atoms with Crippen LogP contribution in [0.1, 0.15) is 40.5 Å². The average molecular weight is 258 g/mol. The summed E-state index contributed by atoms with van der Waals surface area (Å²) in [6.07, 6.45) is 0.710. The summed E-state index contributed by atoms with van der Waals surface area (Å²) in [7, 11) is 2.79. The highest BCUT2D eigenvalue weighted by Gasteiger charge is 2.31. The van der Waals surface area contributed by atoms with Crippen LogP contribution in [0.15, 0.2) is 0 Å². The number of hydrogen-bond acceptors (Lipinski definition) is 4. The molecule has 0 unspecified atom stereocenters. The van der Waals surface area contributed by atoms with Crippen molar-refractivity contribution < 1.29 is 19.1 Å². The maximum atomic E-state index is 11.5. The minimum absolute atomic E-state index is 0.136. The van der Waals surface area contributed by atoms with Crippen molar-refractivity contribution in [1.82, 2.24) is 0 Å². The van der Waals surface area contributed by atoms with Gasteiger partial charge in [-0.1, -0.05) is 27.7 Å². The van der Waals surface area contributed by atoms with Crippen LogP contribution >= 0.6 is 0 Å². The Labute approximate surface area is 110 Å². The lowest BCUT2D eigenvalue weighted by molar-refractivity contribution is -0.146. The fourth-order valence-electron chi connectivity index (χ4n) is 2.31. The van der Waals surface area contributed by atoms with Crippen LogP contribution in [0.4, 0.5) is 0 Å². The van der Waals surface area contributed by atoms with Crippen LogP contribution in [0.3, 0.4) is 0 Å². The van der Waals surface area contributed by atoms with Gasteiger partial charge in [-0.3, -0.25) is 9.59 Å². The van der Waals surface area contributed by atoms with Crippen LogP contribution in [0, 0.1) is 23.7 Å². The molecule has 0 spiro atoms. The van der Waals surface area contributed by atoms with E-state index in [9.17, 15) is 9.59 Å². The Hall–Kier alpha value is -1.06. The Morgan fingerprint density at radius 1 is 0.778 bits per heavy atom. The Kier molecular flexibility index (Phi) is 7.64. The third kappa shape index (κ3) is 5.52. The maximum absolute atomic E-state index is 11.5. The zero-order valence-electron chi connectivity index (χ0n) is 12.4. The zero-order chi connectivity index (χ0) is 14.3. The topological polar surface area (TPSA) is 52.6 Å². The first-order chi connectivity index (χ1) is 8.33. The number of esters is 2. The van der Waals surface area contributed by atoms with Crippen LogP contribution < -0.4 is 0 Å². The molecule has 18 heavy (non-hydrogen) atoms. The van der Waals surface area contributed by atoms with Crippen molar-refractivity contribution in [3.63, 3.8) is 0 Å². The molecule has 0 aliphatic carbocycles. The summed E-state index contributed by atoms with van der Waals surface area (Å²) in [6, 6.07) is 0. The summed E-state index contributed by atoms with van der Waals surface area (Å²) in [5.41, 5.74) is 0. The Morgan fingerprint density at radius 3 is 1.22 bits per heavy atom. The van der Waals surface area contributed by atoms with E-state index in [1.807, 2.05) is 0 Å². The molecule has 0 aromatic heterocycles. The van der Waals surface area contributed by atoms with Crippen molar-refractivity contribution in [3.05, 3.63) is 0 Å². The van der Waals surface area contributed by atoms with Crippen molar-refractivity contribution in [2.45, 2.75) is 40.5 Å². The lowest BCUT2D eigenvalue weighted by Crippen LogP contribution is -2.29. The predicted octanol–water partition coefficient (Wildman–Crippen LogP) is 2.66. The molecule has 106 valence electrons. The van der Waals surface area contributed by atoms with Gasteiger partial charge in [-0.2, -0.15) is 0 Å². The predicted molar refractivity (Wildman–Crippen MR) is 69.9 cm³/mol. The molecule has 4 nitrogen and oxygen atoms in total. The van der Waals surface area contributed by atoms with Gasteiger partial charge in [0.15, 0.2) is 0 Å². The minimum Gasteiger partial charge on any atom is -0.469 e. The summed E-state index contributed by atoms with van der Waals surface area (Å²) in [4.78, 5) is 22.9. The number of methoxy groups -OCH3 is 2. The van der Waals surface area contributed by atoms with Crippen LogP contribution in [0.25, 0.3) is 0 Å². The summed E-state index contributed by atoms with van der Waals surface area (Å²) in [6.45, 7) is 8.28. The first kappa shape index (κ1) is 16.9. The Morgan fingerprint density at radius 2 is 1.06 bits per heavy atom. The fourth-order valence-corrected chi connectivity index (χ4v) is 2.31. The molecular weight excluding hydrogens is 232 g/mol. The van der Waals surface area contributed by atoms with Gasteiger partial charge in [0.25, 0.3) is 0 Å². The molecule has 0 saturated carbocycles. The molecule has 0 aromatic rings. The molecule has 0 fully saturated rings. The third-order valence-corrected chi connectivity index (χ3v) is 3.52. The molecule has 0 aliphatic rings. The second kappa shape index (κ2) is 8.11. The van der Waals surface area contributed by atoms with E-state index in [1.165, 1.54) is 14.2 Å². The van der Waals surface area contributed by atoms with Gasteiger partial charge in [-0.05, 0) is 23.7 Å². The maximum Gasteiger partial charge on any atom is 0.305 e. The molecule has 0 N–H and O–H groups in total. The van der Waals surface area contributed by atoms with E-state index in [0.29, 0.717) is 24.7 Å². The second-order valence-electron chi connectivity index (χ2n) is 5.38. The Bertz CT molecular complexity index is 243. The molecule has 0 bridgehead atoms. The average Bonchev–Trinajstić information content (AvgIpc) is 2.31.